The van der Waals surface area contributed by atoms with E-state index in [0.29, 0.717) is 23.8 Å². The van der Waals surface area contributed by atoms with E-state index in [9.17, 15) is 0 Å². The molecule has 1 unspecified atom stereocenters. The van der Waals surface area contributed by atoms with E-state index in [1.807, 2.05) is 29.2 Å². The van der Waals surface area contributed by atoms with E-state index in [1.165, 1.54) is 0 Å². The SMILES string of the molecule is COc1ccc2c(c1)-c1nn(CC3CCCO3)cc1Cc1c(-c3noc(C4(OC)CC4)n3)ncn1-2. The molecule has 2 aliphatic heterocycles. The number of methoxy groups -OCH3 is 2. The molecule has 0 radical (unpaired) electrons. The van der Waals surface area contributed by atoms with Crippen molar-refractivity contribution in [1.29, 1.82) is 0 Å². The number of ether oxygens (including phenoxy) is 3. The van der Waals surface area contributed by atoms with Crippen LogP contribution in [0.1, 0.15) is 42.8 Å². The lowest BCUT2D eigenvalue weighted by Gasteiger charge is -2.12. The van der Waals surface area contributed by atoms with Crippen LogP contribution in [-0.2, 0) is 28.0 Å². The van der Waals surface area contributed by atoms with Crippen LogP contribution in [0.2, 0.25) is 0 Å². The Morgan fingerprint density at radius 2 is 2.11 bits per heavy atom. The van der Waals surface area contributed by atoms with Crippen molar-refractivity contribution in [3.63, 3.8) is 0 Å². The van der Waals surface area contributed by atoms with Crippen LogP contribution < -0.4 is 4.74 Å². The molecule has 2 fully saturated rings. The van der Waals surface area contributed by atoms with E-state index in [-0.39, 0.29) is 6.10 Å². The molecule has 3 aromatic heterocycles. The molecule has 1 aliphatic carbocycles. The van der Waals surface area contributed by atoms with Crippen LogP contribution in [0, 0.1) is 0 Å². The van der Waals surface area contributed by atoms with Gasteiger partial charge in [-0.2, -0.15) is 10.1 Å². The van der Waals surface area contributed by atoms with Gasteiger partial charge in [-0.05, 0) is 43.9 Å². The number of benzene rings is 1. The van der Waals surface area contributed by atoms with Gasteiger partial charge in [0.25, 0.3) is 5.89 Å². The molecule has 0 spiro atoms. The van der Waals surface area contributed by atoms with Crippen molar-refractivity contribution < 1.29 is 18.7 Å². The summed E-state index contributed by atoms with van der Waals surface area (Å²) >= 11 is 0. The van der Waals surface area contributed by atoms with Crippen LogP contribution in [0.5, 0.6) is 5.75 Å². The summed E-state index contributed by atoms with van der Waals surface area (Å²) in [6.07, 6.45) is 8.72. The van der Waals surface area contributed by atoms with Gasteiger partial charge in [0.15, 0.2) is 0 Å². The molecule has 0 amide bonds. The highest BCUT2D eigenvalue weighted by atomic mass is 16.5. The number of aromatic nitrogens is 6. The number of fused-ring (bicyclic) bond motifs is 5. The zero-order valence-corrected chi connectivity index (χ0v) is 19.7. The number of hydrogen-bond acceptors (Lipinski definition) is 8. The van der Waals surface area contributed by atoms with E-state index in [2.05, 4.69) is 20.9 Å². The highest BCUT2D eigenvalue weighted by Crippen LogP contribution is 2.48. The van der Waals surface area contributed by atoms with Gasteiger partial charge in [-0.1, -0.05) is 5.16 Å². The smallest absolute Gasteiger partial charge is 0.259 e. The number of rotatable bonds is 6. The maximum absolute atomic E-state index is 5.85. The van der Waals surface area contributed by atoms with Gasteiger partial charge in [0.05, 0.1) is 36.8 Å². The summed E-state index contributed by atoms with van der Waals surface area (Å²) < 4.78 is 26.7. The van der Waals surface area contributed by atoms with Crippen molar-refractivity contribution in [3.8, 4) is 34.2 Å². The van der Waals surface area contributed by atoms with Gasteiger partial charge in [0.2, 0.25) is 5.82 Å². The Balaban J connectivity index is 1.34. The number of hydrogen-bond donors (Lipinski definition) is 0. The van der Waals surface area contributed by atoms with E-state index in [0.717, 1.165) is 72.8 Å². The molecule has 3 aliphatic rings. The molecule has 35 heavy (non-hydrogen) atoms. The summed E-state index contributed by atoms with van der Waals surface area (Å²) in [6, 6.07) is 6.04. The van der Waals surface area contributed by atoms with Gasteiger partial charge in [-0.25, -0.2) is 4.98 Å². The third-order valence-electron chi connectivity index (χ3n) is 7.32. The molecular formula is C25H26N6O4. The molecular weight excluding hydrogens is 448 g/mol. The third kappa shape index (κ3) is 3.31. The Hall–Kier alpha value is -3.50. The zero-order valence-electron chi connectivity index (χ0n) is 19.7. The Bertz CT molecular complexity index is 1410. The first-order valence-corrected chi connectivity index (χ1v) is 12.0. The molecule has 10 nitrogen and oxygen atoms in total. The monoisotopic (exact) mass is 474 g/mol. The fourth-order valence-electron chi connectivity index (χ4n) is 5.19. The van der Waals surface area contributed by atoms with E-state index >= 15 is 0 Å². The van der Waals surface area contributed by atoms with Crippen molar-refractivity contribution in [2.45, 2.75) is 50.4 Å². The highest BCUT2D eigenvalue weighted by Gasteiger charge is 2.50. The van der Waals surface area contributed by atoms with Crippen molar-refractivity contribution in [2.75, 3.05) is 20.8 Å². The average Bonchev–Trinajstić information content (AvgIpc) is 3.33. The summed E-state index contributed by atoms with van der Waals surface area (Å²) in [5.41, 5.74) is 5.28. The van der Waals surface area contributed by atoms with Crippen LogP contribution >= 0.6 is 0 Å². The highest BCUT2D eigenvalue weighted by molar-refractivity contribution is 5.77. The van der Waals surface area contributed by atoms with Gasteiger partial charge >= 0.3 is 0 Å². The Morgan fingerprint density at radius 3 is 2.89 bits per heavy atom. The summed E-state index contributed by atoms with van der Waals surface area (Å²) in [7, 11) is 3.36. The Morgan fingerprint density at radius 1 is 1.20 bits per heavy atom. The lowest BCUT2D eigenvalue weighted by atomic mass is 10.0. The minimum Gasteiger partial charge on any atom is -0.497 e. The minimum atomic E-state index is -0.443. The largest absolute Gasteiger partial charge is 0.497 e. The van der Waals surface area contributed by atoms with E-state index < -0.39 is 5.60 Å². The lowest BCUT2D eigenvalue weighted by molar-refractivity contribution is 0.0492. The molecule has 0 N–H and O–H groups in total. The first kappa shape index (κ1) is 20.8. The van der Waals surface area contributed by atoms with Gasteiger partial charge in [-0.3, -0.25) is 4.68 Å². The molecule has 4 aromatic rings. The normalized spacial score (nSPS) is 19.7. The fourth-order valence-corrected chi connectivity index (χ4v) is 5.19. The molecule has 1 saturated heterocycles. The van der Waals surface area contributed by atoms with E-state index in [4.69, 9.17) is 28.8 Å². The third-order valence-corrected chi connectivity index (χ3v) is 7.32. The summed E-state index contributed by atoms with van der Waals surface area (Å²) in [4.78, 5) is 9.39. The molecule has 7 rings (SSSR count). The van der Waals surface area contributed by atoms with Gasteiger partial charge < -0.3 is 23.3 Å². The molecule has 10 heteroatoms. The predicted molar refractivity (Wildman–Crippen MR) is 124 cm³/mol. The minimum absolute atomic E-state index is 0.206. The van der Waals surface area contributed by atoms with Gasteiger partial charge in [-0.15, -0.1) is 0 Å². The summed E-state index contributed by atoms with van der Waals surface area (Å²) in [5.74, 6) is 1.77. The lowest BCUT2D eigenvalue weighted by Crippen LogP contribution is -2.15. The second-order valence-corrected chi connectivity index (χ2v) is 9.45. The predicted octanol–water partition coefficient (Wildman–Crippen LogP) is 3.51. The number of imidazole rings is 1. The topological polar surface area (TPSA) is 102 Å². The first-order chi connectivity index (χ1) is 17.2. The maximum Gasteiger partial charge on any atom is 0.259 e. The first-order valence-electron chi connectivity index (χ1n) is 12.0. The molecule has 1 saturated carbocycles. The van der Waals surface area contributed by atoms with Gasteiger partial charge in [0, 0.05) is 37.5 Å². The van der Waals surface area contributed by atoms with Crippen LogP contribution in [0.25, 0.3) is 28.5 Å². The average molecular weight is 475 g/mol. The summed E-state index contributed by atoms with van der Waals surface area (Å²) in [6.45, 7) is 1.57. The molecule has 180 valence electrons. The fraction of sp³-hybridized carbons (Fsp3) is 0.440. The zero-order chi connectivity index (χ0) is 23.6. The maximum atomic E-state index is 5.85. The second-order valence-electron chi connectivity index (χ2n) is 9.45. The van der Waals surface area contributed by atoms with Crippen molar-refractivity contribution in [2.24, 2.45) is 0 Å². The van der Waals surface area contributed by atoms with Crippen LogP contribution in [0.3, 0.4) is 0 Å². The van der Waals surface area contributed by atoms with Crippen molar-refractivity contribution in [1.82, 2.24) is 29.5 Å². The van der Waals surface area contributed by atoms with Crippen LogP contribution in [-0.4, -0.2) is 56.4 Å². The molecule has 0 bridgehead atoms. The van der Waals surface area contributed by atoms with Crippen molar-refractivity contribution in [3.05, 3.63) is 47.9 Å². The van der Waals surface area contributed by atoms with Gasteiger partial charge in [0.1, 0.15) is 23.4 Å². The number of nitrogens with zero attached hydrogens (tertiary/aromatic N) is 6. The second kappa shape index (κ2) is 7.76. The van der Waals surface area contributed by atoms with Crippen LogP contribution in [0.4, 0.5) is 0 Å². The van der Waals surface area contributed by atoms with Crippen molar-refractivity contribution >= 4 is 0 Å². The Labute approximate surface area is 201 Å². The standard InChI is InChI=1S/C25H26N6O4/c1-32-16-5-6-19-18(11-16)21-15(12-30(28-21)13-17-4-3-9-34-17)10-20-22(26-14-31(19)20)23-27-24(35-29-23)25(33-2)7-8-25/h5-6,11-12,14,17H,3-4,7-10,13H2,1-2H3. The van der Waals surface area contributed by atoms with Crippen LogP contribution in [0.15, 0.2) is 35.2 Å². The summed E-state index contributed by atoms with van der Waals surface area (Å²) in [5, 5.41) is 9.26. The Kier molecular flexibility index (Phi) is 4.62. The molecule has 1 atom stereocenters. The molecule has 1 aromatic carbocycles. The van der Waals surface area contributed by atoms with E-state index in [1.54, 1.807) is 14.2 Å². The molecule has 5 heterocycles. The quantitative estimate of drug-likeness (QED) is 0.368.